The topological polar surface area (TPSA) is 48.0 Å². The lowest BCUT2D eigenvalue weighted by atomic mass is 10.1. The predicted molar refractivity (Wildman–Crippen MR) is 79.6 cm³/mol. The van der Waals surface area contributed by atoms with Crippen molar-refractivity contribution in [1.29, 1.82) is 0 Å². The van der Waals surface area contributed by atoms with Crippen LogP contribution < -0.4 is 5.32 Å². The Balaban J connectivity index is 2.06. The molecule has 0 radical (unpaired) electrons. The molecule has 0 amide bonds. The van der Waals surface area contributed by atoms with E-state index in [-0.39, 0.29) is 0 Å². The van der Waals surface area contributed by atoms with E-state index in [1.54, 1.807) is 0 Å². The van der Waals surface area contributed by atoms with Gasteiger partial charge in [0.1, 0.15) is 0 Å². The molecule has 0 bridgehead atoms. The summed E-state index contributed by atoms with van der Waals surface area (Å²) >= 11 is 0. The molecule has 0 aliphatic carbocycles. The number of aryl methyl sites for hydroxylation is 2. The molecule has 0 saturated heterocycles. The van der Waals surface area contributed by atoms with Gasteiger partial charge >= 0.3 is 0 Å². The van der Waals surface area contributed by atoms with E-state index in [1.807, 2.05) is 24.3 Å². The molecule has 1 N–H and O–H groups in total. The number of hydrogen-bond donors (Lipinski definition) is 1. The second-order valence-electron chi connectivity index (χ2n) is 4.69. The first-order valence-electron chi connectivity index (χ1n) is 6.09. The molecule has 0 aliphatic heterocycles. The van der Waals surface area contributed by atoms with E-state index in [1.165, 1.54) is 11.1 Å². The summed E-state index contributed by atoms with van der Waals surface area (Å²) in [6.07, 6.45) is 0. The molecule has 1 aromatic heterocycles. The van der Waals surface area contributed by atoms with Crippen molar-refractivity contribution in [2.45, 2.75) is 13.8 Å². The normalized spacial score (nSPS) is 11.8. The molecule has 2 aromatic carbocycles. The largest absolute Gasteiger partial charge is 0.568 e. The molecule has 1 atom stereocenters. The van der Waals surface area contributed by atoms with Gasteiger partial charge in [-0.25, -0.2) is 0 Å². The monoisotopic (exact) mass is 270 g/mol. The molecular formula is C15H14N2OS. The number of rotatable bonds is 2. The first-order chi connectivity index (χ1) is 9.13. The second-order valence-corrected chi connectivity index (χ2v) is 5.81. The van der Waals surface area contributed by atoms with Gasteiger partial charge in [0.15, 0.2) is 5.82 Å². The highest BCUT2D eigenvalue weighted by Crippen LogP contribution is 2.33. The van der Waals surface area contributed by atoms with Crippen LogP contribution in [0, 0.1) is 13.8 Å². The first kappa shape index (κ1) is 12.1. The minimum Gasteiger partial charge on any atom is -0.568 e. The Bertz CT molecular complexity index is 729. The van der Waals surface area contributed by atoms with Crippen LogP contribution in [0.5, 0.6) is 0 Å². The highest BCUT2D eigenvalue weighted by molar-refractivity contribution is 7.26. The molecule has 3 rings (SSSR count). The Hall–Kier alpha value is -1.91. The van der Waals surface area contributed by atoms with Crippen molar-refractivity contribution in [3.63, 3.8) is 0 Å². The molecule has 0 aliphatic rings. The molecule has 3 aromatic rings. The van der Waals surface area contributed by atoms with Crippen LogP contribution in [0.4, 0.5) is 11.5 Å². The number of anilines is 2. The number of benzene rings is 2. The fourth-order valence-electron chi connectivity index (χ4n) is 2.27. The zero-order valence-electron chi connectivity index (χ0n) is 10.8. The minimum absolute atomic E-state index is 0.680. The quantitative estimate of drug-likeness (QED) is 0.705. The van der Waals surface area contributed by atoms with Gasteiger partial charge in [0.25, 0.3) is 0 Å². The first-order valence-corrected chi connectivity index (χ1v) is 7.19. The van der Waals surface area contributed by atoms with Gasteiger partial charge in [-0.05, 0) is 47.5 Å². The van der Waals surface area contributed by atoms with Crippen LogP contribution in [0.25, 0.3) is 10.1 Å². The predicted octanol–water partition coefficient (Wildman–Crippen LogP) is 4.32. The van der Waals surface area contributed by atoms with Gasteiger partial charge in [-0.2, -0.15) is 0 Å². The zero-order chi connectivity index (χ0) is 13.4. The molecule has 0 fully saturated rings. The number of hydrogen-bond acceptors (Lipinski definition) is 3. The third-order valence-corrected chi connectivity index (χ3v) is 4.07. The van der Waals surface area contributed by atoms with E-state index in [2.05, 4.69) is 41.7 Å². The number of aromatic nitrogens is 1. The van der Waals surface area contributed by atoms with Gasteiger partial charge in [-0.3, -0.25) is 0 Å². The lowest BCUT2D eigenvalue weighted by Crippen LogP contribution is -1.92. The van der Waals surface area contributed by atoms with Crippen LogP contribution in [-0.2, 0) is 0 Å². The standard InChI is InChI=1S/C15H14N2OS/c1-10-7-11(2)9-12(8-10)16-15-13-5-3-4-6-14(13)19(18)17-15/h3-9H,1-2H3,(H,16,17). The summed E-state index contributed by atoms with van der Waals surface area (Å²) in [6, 6.07) is 13.8. The Morgan fingerprint density at radius 1 is 1.05 bits per heavy atom. The van der Waals surface area contributed by atoms with Crippen LogP contribution in [0.15, 0.2) is 42.5 Å². The van der Waals surface area contributed by atoms with E-state index in [0.717, 1.165) is 15.8 Å². The maximum Gasteiger partial charge on any atom is 0.208 e. The van der Waals surface area contributed by atoms with Gasteiger partial charge in [0.2, 0.25) is 4.70 Å². The summed E-state index contributed by atoms with van der Waals surface area (Å²) in [5.41, 5.74) is 3.36. The van der Waals surface area contributed by atoms with Crippen LogP contribution in [0.2, 0.25) is 0 Å². The van der Waals surface area contributed by atoms with Crippen molar-refractivity contribution in [2.75, 3.05) is 5.32 Å². The highest BCUT2D eigenvalue weighted by atomic mass is 32.2. The Morgan fingerprint density at radius 2 is 1.74 bits per heavy atom. The Morgan fingerprint density at radius 3 is 2.47 bits per heavy atom. The highest BCUT2D eigenvalue weighted by Gasteiger charge is 2.14. The molecule has 4 heteroatoms. The minimum atomic E-state index is -1.29. The van der Waals surface area contributed by atoms with Crippen molar-refractivity contribution >= 4 is 32.5 Å². The SMILES string of the molecule is Cc1cc(C)cc(Nc2n[s+]([O-])c3ccccc23)c1. The smallest absolute Gasteiger partial charge is 0.208 e. The van der Waals surface area contributed by atoms with Crippen LogP contribution in [0.3, 0.4) is 0 Å². The van der Waals surface area contributed by atoms with Crippen molar-refractivity contribution in [1.82, 2.24) is 4.37 Å². The second kappa shape index (κ2) is 4.64. The van der Waals surface area contributed by atoms with Gasteiger partial charge in [-0.15, -0.1) is 0 Å². The van der Waals surface area contributed by atoms with Crippen LogP contribution >= 0.6 is 10.9 Å². The maximum absolute atomic E-state index is 11.9. The Kier molecular flexibility index (Phi) is 2.97. The number of fused-ring (bicyclic) bond motifs is 1. The molecular weight excluding hydrogens is 256 g/mol. The average molecular weight is 270 g/mol. The summed E-state index contributed by atoms with van der Waals surface area (Å²) in [7, 11) is -1.29. The molecule has 0 spiro atoms. The zero-order valence-corrected chi connectivity index (χ0v) is 11.6. The third kappa shape index (κ3) is 2.32. The fraction of sp³-hybridized carbons (Fsp3) is 0.133. The number of nitrogens with zero attached hydrogens (tertiary/aromatic N) is 1. The molecule has 1 unspecified atom stereocenters. The van der Waals surface area contributed by atoms with Crippen LogP contribution in [-0.4, -0.2) is 8.93 Å². The summed E-state index contributed by atoms with van der Waals surface area (Å²) < 4.78 is 16.8. The van der Waals surface area contributed by atoms with E-state index in [0.29, 0.717) is 5.82 Å². The summed E-state index contributed by atoms with van der Waals surface area (Å²) in [6.45, 7) is 4.11. The van der Waals surface area contributed by atoms with Crippen molar-refractivity contribution < 1.29 is 4.55 Å². The molecule has 1 heterocycles. The number of nitrogens with one attached hydrogen (secondary N) is 1. The van der Waals surface area contributed by atoms with Gasteiger partial charge in [0.05, 0.1) is 16.3 Å². The molecule has 0 saturated carbocycles. The van der Waals surface area contributed by atoms with Crippen molar-refractivity contribution in [3.05, 3.63) is 53.6 Å². The van der Waals surface area contributed by atoms with Gasteiger partial charge < -0.3 is 9.87 Å². The van der Waals surface area contributed by atoms with E-state index < -0.39 is 10.9 Å². The average Bonchev–Trinajstić information content (AvgIpc) is 2.66. The van der Waals surface area contributed by atoms with Crippen molar-refractivity contribution in [3.8, 4) is 0 Å². The summed E-state index contributed by atoms with van der Waals surface area (Å²) in [5, 5.41) is 4.18. The maximum atomic E-state index is 11.9. The van der Waals surface area contributed by atoms with E-state index >= 15 is 0 Å². The van der Waals surface area contributed by atoms with Crippen LogP contribution in [0.1, 0.15) is 11.1 Å². The third-order valence-electron chi connectivity index (χ3n) is 2.99. The fourth-order valence-corrected chi connectivity index (χ4v) is 3.23. The summed E-state index contributed by atoms with van der Waals surface area (Å²) in [5.74, 6) is 0.680. The van der Waals surface area contributed by atoms with Gasteiger partial charge in [0, 0.05) is 11.8 Å². The van der Waals surface area contributed by atoms with Crippen molar-refractivity contribution in [2.24, 2.45) is 0 Å². The Labute approximate surface area is 114 Å². The van der Waals surface area contributed by atoms with Gasteiger partial charge in [-0.1, -0.05) is 18.2 Å². The summed E-state index contributed by atoms with van der Waals surface area (Å²) in [4.78, 5) is 0. The lowest BCUT2D eigenvalue weighted by molar-refractivity contribution is 0.593. The molecule has 19 heavy (non-hydrogen) atoms. The van der Waals surface area contributed by atoms with E-state index in [9.17, 15) is 4.55 Å². The molecule has 96 valence electrons. The molecule has 3 nitrogen and oxygen atoms in total. The lowest BCUT2D eigenvalue weighted by Gasteiger charge is -2.05. The van der Waals surface area contributed by atoms with E-state index in [4.69, 9.17) is 0 Å².